The highest BCUT2D eigenvalue weighted by Gasteiger charge is 2.11. The third kappa shape index (κ3) is 3.10. The molecule has 1 N–H and O–H groups in total. The monoisotopic (exact) mass is 324 g/mol. The number of ether oxygens (including phenoxy) is 1. The maximum atomic E-state index is 12.4. The summed E-state index contributed by atoms with van der Waals surface area (Å²) in [6.45, 7) is 1.77. The number of carbonyl (C=O) groups excluding carboxylic acids is 1. The predicted molar refractivity (Wildman–Crippen MR) is 90.2 cm³/mol. The van der Waals surface area contributed by atoms with E-state index in [0.717, 1.165) is 5.56 Å². The first-order valence-electron chi connectivity index (χ1n) is 7.33. The minimum absolute atomic E-state index is 0.145. The molecule has 7 nitrogen and oxygen atoms in total. The number of anilines is 1. The van der Waals surface area contributed by atoms with Crippen LogP contribution in [0.4, 0.5) is 5.69 Å². The third-order valence-electron chi connectivity index (χ3n) is 3.54. The lowest BCUT2D eigenvalue weighted by molar-refractivity contribution is -0.116. The molecule has 3 rings (SSSR count). The number of hydrogen-bond acceptors (Lipinski definition) is 5. The van der Waals surface area contributed by atoms with Gasteiger partial charge in [-0.3, -0.25) is 14.2 Å². The number of hydrogen-bond donors (Lipinski definition) is 1. The molecule has 0 bridgehead atoms. The second kappa shape index (κ2) is 6.49. The van der Waals surface area contributed by atoms with Crippen molar-refractivity contribution < 1.29 is 9.53 Å². The molecule has 0 aliphatic heterocycles. The van der Waals surface area contributed by atoms with Gasteiger partial charge in [-0.25, -0.2) is 9.97 Å². The van der Waals surface area contributed by atoms with Crippen LogP contribution in [0.3, 0.4) is 0 Å². The smallest absolute Gasteiger partial charge is 0.263 e. The average Bonchev–Trinajstić information content (AvgIpc) is 2.58. The van der Waals surface area contributed by atoms with Crippen LogP contribution in [0.1, 0.15) is 5.56 Å². The Hall–Kier alpha value is -3.22. The van der Waals surface area contributed by atoms with Gasteiger partial charge in [0.2, 0.25) is 5.91 Å². The molecule has 122 valence electrons. The Labute approximate surface area is 137 Å². The lowest BCUT2D eigenvalue weighted by Crippen LogP contribution is -2.28. The van der Waals surface area contributed by atoms with E-state index < -0.39 is 0 Å². The van der Waals surface area contributed by atoms with Crippen molar-refractivity contribution in [1.29, 1.82) is 0 Å². The molecule has 7 heteroatoms. The highest BCUT2D eigenvalue weighted by Crippen LogP contribution is 2.25. The normalized spacial score (nSPS) is 10.6. The van der Waals surface area contributed by atoms with Gasteiger partial charge < -0.3 is 10.1 Å². The Balaban J connectivity index is 1.84. The van der Waals surface area contributed by atoms with E-state index in [1.807, 2.05) is 19.1 Å². The fourth-order valence-electron chi connectivity index (χ4n) is 2.37. The Bertz CT molecular complexity index is 965. The first-order chi connectivity index (χ1) is 11.6. The highest BCUT2D eigenvalue weighted by molar-refractivity contribution is 5.92. The fraction of sp³-hybridized carbons (Fsp3) is 0.176. The first-order valence-corrected chi connectivity index (χ1v) is 7.33. The van der Waals surface area contributed by atoms with Gasteiger partial charge in [-0.15, -0.1) is 0 Å². The van der Waals surface area contributed by atoms with Gasteiger partial charge in [0.15, 0.2) is 5.65 Å². The van der Waals surface area contributed by atoms with Crippen molar-refractivity contribution in [2.75, 3.05) is 12.4 Å². The zero-order valence-corrected chi connectivity index (χ0v) is 13.3. The van der Waals surface area contributed by atoms with Gasteiger partial charge in [0.05, 0.1) is 18.2 Å². The van der Waals surface area contributed by atoms with Crippen molar-refractivity contribution in [3.05, 3.63) is 58.8 Å². The second-order valence-corrected chi connectivity index (χ2v) is 5.30. The minimum atomic E-state index is -0.342. The predicted octanol–water partition coefficient (Wildman–Crippen LogP) is 1.75. The molecule has 0 saturated carbocycles. The maximum absolute atomic E-state index is 12.4. The summed E-state index contributed by atoms with van der Waals surface area (Å²) in [6, 6.07) is 8.77. The van der Waals surface area contributed by atoms with Crippen LogP contribution in [0.15, 0.2) is 47.7 Å². The first kappa shape index (κ1) is 15.7. The molecule has 0 radical (unpaired) electrons. The van der Waals surface area contributed by atoms with E-state index in [1.54, 1.807) is 24.4 Å². The van der Waals surface area contributed by atoms with Crippen LogP contribution < -0.4 is 15.6 Å². The summed E-state index contributed by atoms with van der Waals surface area (Å²) in [4.78, 5) is 32.8. The van der Waals surface area contributed by atoms with Crippen LogP contribution in [0, 0.1) is 6.92 Å². The molecular weight excluding hydrogens is 308 g/mol. The van der Waals surface area contributed by atoms with Crippen LogP contribution in [0.5, 0.6) is 5.75 Å². The molecule has 0 aliphatic rings. The van der Waals surface area contributed by atoms with Crippen molar-refractivity contribution in [2.24, 2.45) is 0 Å². The Morgan fingerprint density at radius 3 is 2.92 bits per heavy atom. The van der Waals surface area contributed by atoms with Crippen LogP contribution in [-0.2, 0) is 11.3 Å². The number of carbonyl (C=O) groups is 1. The minimum Gasteiger partial charge on any atom is -0.495 e. The number of nitrogens with zero attached hydrogens (tertiary/aromatic N) is 3. The van der Waals surface area contributed by atoms with Crippen molar-refractivity contribution >= 4 is 22.6 Å². The number of methoxy groups -OCH3 is 1. The number of aromatic nitrogens is 3. The van der Waals surface area contributed by atoms with E-state index in [9.17, 15) is 9.59 Å². The van der Waals surface area contributed by atoms with E-state index >= 15 is 0 Å². The molecule has 0 atom stereocenters. The molecule has 0 unspecified atom stereocenters. The van der Waals surface area contributed by atoms with Crippen molar-refractivity contribution in [2.45, 2.75) is 13.5 Å². The summed E-state index contributed by atoms with van der Waals surface area (Å²) in [5.74, 6) is 0.216. The number of amides is 1. The molecule has 3 aromatic rings. The molecule has 2 heterocycles. The van der Waals surface area contributed by atoms with Crippen LogP contribution in [0.2, 0.25) is 0 Å². The van der Waals surface area contributed by atoms with E-state index in [1.165, 1.54) is 18.0 Å². The van der Waals surface area contributed by atoms with E-state index in [0.29, 0.717) is 22.5 Å². The van der Waals surface area contributed by atoms with E-state index in [4.69, 9.17) is 4.74 Å². The number of fused-ring (bicyclic) bond motifs is 1. The van der Waals surface area contributed by atoms with Crippen molar-refractivity contribution in [1.82, 2.24) is 14.5 Å². The van der Waals surface area contributed by atoms with Crippen LogP contribution >= 0.6 is 0 Å². The average molecular weight is 324 g/mol. The molecule has 1 amide bonds. The number of pyridine rings is 1. The number of benzene rings is 1. The molecule has 24 heavy (non-hydrogen) atoms. The zero-order chi connectivity index (χ0) is 17.1. The van der Waals surface area contributed by atoms with Gasteiger partial charge in [0, 0.05) is 6.20 Å². The topological polar surface area (TPSA) is 86.1 Å². The summed E-state index contributed by atoms with van der Waals surface area (Å²) in [5, 5.41) is 3.13. The summed E-state index contributed by atoms with van der Waals surface area (Å²) in [6.07, 6.45) is 2.89. The van der Waals surface area contributed by atoms with Gasteiger partial charge in [-0.05, 0) is 36.8 Å². The lowest BCUT2D eigenvalue weighted by Gasteiger charge is -2.12. The Kier molecular flexibility index (Phi) is 4.24. The van der Waals surface area contributed by atoms with Gasteiger partial charge >= 0.3 is 0 Å². The standard InChI is InChI=1S/C17H16N4O3/c1-11-5-6-14(24-2)13(8-11)20-15(22)9-21-10-19-16-12(17(21)23)4-3-7-18-16/h3-8,10H,9H2,1-2H3,(H,20,22). The van der Waals surface area contributed by atoms with Crippen LogP contribution in [-0.4, -0.2) is 27.6 Å². The molecule has 0 fully saturated rings. The fourth-order valence-corrected chi connectivity index (χ4v) is 2.37. The number of rotatable bonds is 4. The van der Waals surface area contributed by atoms with Gasteiger partial charge in [0.1, 0.15) is 18.6 Å². The van der Waals surface area contributed by atoms with E-state index in [2.05, 4.69) is 15.3 Å². The summed E-state index contributed by atoms with van der Waals surface area (Å²) in [7, 11) is 1.53. The number of nitrogens with one attached hydrogen (secondary N) is 1. The molecule has 0 saturated heterocycles. The van der Waals surface area contributed by atoms with Gasteiger partial charge in [-0.2, -0.15) is 0 Å². The van der Waals surface area contributed by atoms with Crippen molar-refractivity contribution in [3.63, 3.8) is 0 Å². The molecule has 0 aliphatic carbocycles. The quantitative estimate of drug-likeness (QED) is 0.790. The maximum Gasteiger partial charge on any atom is 0.263 e. The zero-order valence-electron chi connectivity index (χ0n) is 13.3. The Morgan fingerprint density at radius 1 is 1.29 bits per heavy atom. The summed E-state index contributed by atoms with van der Waals surface area (Å²) < 4.78 is 6.48. The molecule has 0 spiro atoms. The number of aryl methyl sites for hydroxylation is 1. The molecular formula is C17H16N4O3. The summed E-state index contributed by atoms with van der Waals surface area (Å²) in [5.41, 5.74) is 1.60. The second-order valence-electron chi connectivity index (χ2n) is 5.30. The summed E-state index contributed by atoms with van der Waals surface area (Å²) >= 11 is 0. The van der Waals surface area contributed by atoms with Crippen LogP contribution in [0.25, 0.3) is 11.0 Å². The largest absolute Gasteiger partial charge is 0.495 e. The van der Waals surface area contributed by atoms with Crippen molar-refractivity contribution in [3.8, 4) is 5.75 Å². The van der Waals surface area contributed by atoms with Gasteiger partial charge in [-0.1, -0.05) is 6.07 Å². The lowest BCUT2D eigenvalue weighted by atomic mass is 10.2. The third-order valence-corrected chi connectivity index (χ3v) is 3.54. The van der Waals surface area contributed by atoms with Gasteiger partial charge in [0.25, 0.3) is 5.56 Å². The van der Waals surface area contributed by atoms with E-state index in [-0.39, 0.29) is 18.0 Å². The molecule has 1 aromatic carbocycles. The Morgan fingerprint density at radius 2 is 2.12 bits per heavy atom. The SMILES string of the molecule is COc1ccc(C)cc1NC(=O)Cn1cnc2ncccc2c1=O. The highest BCUT2D eigenvalue weighted by atomic mass is 16.5. The molecule has 2 aromatic heterocycles.